The monoisotopic (exact) mass is 251 g/mol. The molecule has 6 heteroatoms. The molecule has 1 aromatic carbocycles. The number of carbonyl (C=O) groups excluding carboxylic acids is 1. The van der Waals surface area contributed by atoms with Gasteiger partial charge in [-0.1, -0.05) is 24.8 Å². The van der Waals surface area contributed by atoms with Crippen LogP contribution in [0.5, 0.6) is 5.75 Å². The van der Waals surface area contributed by atoms with Gasteiger partial charge in [-0.2, -0.15) is 0 Å². The molecule has 0 saturated carbocycles. The number of aliphatic hydroxyl groups excluding tert-OH is 1. The molecule has 0 unspecified atom stereocenters. The molecule has 0 aliphatic carbocycles. The predicted octanol–water partition coefficient (Wildman–Crippen LogP) is 1.48. The molecule has 1 rings (SSSR count). The molecule has 1 N–H and O–H groups in total. The van der Waals surface area contributed by atoms with E-state index in [1.165, 1.54) is 19.1 Å². The third kappa shape index (κ3) is 3.39. The van der Waals surface area contributed by atoms with E-state index < -0.39 is 17.8 Å². The molecule has 0 bridgehead atoms. The van der Waals surface area contributed by atoms with Gasteiger partial charge in [-0.25, -0.2) is 0 Å². The quantitative estimate of drug-likeness (QED) is 0.358. The Kier molecular flexibility index (Phi) is 4.56. The van der Waals surface area contributed by atoms with Crippen LogP contribution in [0, 0.1) is 10.1 Å². The Morgan fingerprint density at radius 2 is 2.17 bits per heavy atom. The number of hydrogen-bond acceptors (Lipinski definition) is 5. The van der Waals surface area contributed by atoms with E-state index in [0.29, 0.717) is 0 Å². The van der Waals surface area contributed by atoms with Gasteiger partial charge in [0, 0.05) is 11.1 Å². The minimum atomic E-state index is -1.23. The number of hydrogen-bond donors (Lipinski definition) is 1. The Morgan fingerprint density at radius 3 is 2.72 bits per heavy atom. The van der Waals surface area contributed by atoms with Crippen LogP contribution in [0.25, 0.3) is 0 Å². The number of aliphatic hydroxyl groups is 1. The Labute approximate surface area is 104 Å². The molecule has 0 fully saturated rings. The van der Waals surface area contributed by atoms with Crippen LogP contribution in [0.15, 0.2) is 36.4 Å². The van der Waals surface area contributed by atoms with Crippen LogP contribution in [0.1, 0.15) is 18.6 Å². The van der Waals surface area contributed by atoms with E-state index in [1.54, 1.807) is 12.1 Å². The predicted molar refractivity (Wildman–Crippen MR) is 63.7 cm³/mol. The molecular weight excluding hydrogens is 238 g/mol. The van der Waals surface area contributed by atoms with Crippen molar-refractivity contribution in [2.45, 2.75) is 13.0 Å². The number of ketones is 1. The molecule has 0 amide bonds. The zero-order valence-electron chi connectivity index (χ0n) is 9.83. The molecular formula is C12H13NO5. The molecule has 1 atom stereocenters. The highest BCUT2D eigenvalue weighted by Crippen LogP contribution is 2.29. The molecule has 1 aromatic rings. The topological polar surface area (TPSA) is 89.7 Å². The maximum atomic E-state index is 11.1. The standard InChI is InChI=1S/C12H13NO5/c1-8(9(2)14)12(15)10-5-3-4-6-11(10)18-7-13(16)17/h3-6,12,15H,1,7H2,2H3/t12-/m0/s1. The van der Waals surface area contributed by atoms with Gasteiger partial charge in [-0.15, -0.1) is 0 Å². The molecule has 0 radical (unpaired) electrons. The molecule has 0 spiro atoms. The summed E-state index contributed by atoms with van der Waals surface area (Å²) in [6.45, 7) is 4.05. The smallest absolute Gasteiger partial charge is 0.344 e. The summed E-state index contributed by atoms with van der Waals surface area (Å²) in [5, 5.41) is 20.2. The zero-order chi connectivity index (χ0) is 13.7. The van der Waals surface area contributed by atoms with Crippen molar-refractivity contribution in [1.82, 2.24) is 0 Å². The number of nitro groups is 1. The number of ether oxygens (including phenoxy) is 1. The summed E-state index contributed by atoms with van der Waals surface area (Å²) in [5.74, 6) is -0.198. The van der Waals surface area contributed by atoms with Crippen LogP contribution in [0.2, 0.25) is 0 Å². The van der Waals surface area contributed by atoms with Crippen molar-refractivity contribution in [3.05, 3.63) is 52.1 Å². The first-order valence-electron chi connectivity index (χ1n) is 5.14. The molecule has 0 heterocycles. The SMILES string of the molecule is C=C(C(C)=O)[C@H](O)c1ccccc1OC[N+](=O)[O-]. The summed E-state index contributed by atoms with van der Waals surface area (Å²) in [7, 11) is 0. The fraction of sp³-hybridized carbons (Fsp3) is 0.250. The Morgan fingerprint density at radius 1 is 1.56 bits per heavy atom. The summed E-state index contributed by atoms with van der Waals surface area (Å²) < 4.78 is 4.94. The molecule has 0 aliphatic heterocycles. The first kappa shape index (κ1) is 13.9. The summed E-state index contributed by atoms with van der Waals surface area (Å²) in [4.78, 5) is 20.7. The highest BCUT2D eigenvalue weighted by molar-refractivity contribution is 5.93. The first-order chi connectivity index (χ1) is 8.43. The first-order valence-corrected chi connectivity index (χ1v) is 5.14. The summed E-state index contributed by atoms with van der Waals surface area (Å²) in [6, 6.07) is 6.25. The molecule has 96 valence electrons. The van der Waals surface area contributed by atoms with Crippen molar-refractivity contribution < 1.29 is 19.6 Å². The van der Waals surface area contributed by atoms with Gasteiger partial charge in [-0.05, 0) is 13.0 Å². The number of nitrogens with zero attached hydrogens (tertiary/aromatic N) is 1. The summed E-state index contributed by atoms with van der Waals surface area (Å²) in [6.07, 6.45) is -1.23. The third-order valence-corrected chi connectivity index (χ3v) is 2.32. The van der Waals surface area contributed by atoms with Crippen LogP contribution < -0.4 is 4.74 Å². The van der Waals surface area contributed by atoms with Crippen LogP contribution >= 0.6 is 0 Å². The summed E-state index contributed by atoms with van der Waals surface area (Å²) >= 11 is 0. The van der Waals surface area contributed by atoms with E-state index in [0.717, 1.165) is 0 Å². The lowest BCUT2D eigenvalue weighted by molar-refractivity contribution is -0.514. The number of para-hydroxylation sites is 1. The fourth-order valence-corrected chi connectivity index (χ4v) is 1.34. The largest absolute Gasteiger partial charge is 0.432 e. The minimum absolute atomic E-state index is 0.00662. The van der Waals surface area contributed by atoms with Crippen molar-refractivity contribution in [1.29, 1.82) is 0 Å². The van der Waals surface area contributed by atoms with Crippen molar-refractivity contribution in [3.63, 3.8) is 0 Å². The van der Waals surface area contributed by atoms with Crippen LogP contribution in [0.3, 0.4) is 0 Å². The van der Waals surface area contributed by atoms with Gasteiger partial charge in [0.15, 0.2) is 5.78 Å². The highest BCUT2D eigenvalue weighted by atomic mass is 16.7. The number of benzene rings is 1. The van der Waals surface area contributed by atoms with Crippen LogP contribution in [-0.4, -0.2) is 22.5 Å². The Hall–Kier alpha value is -2.21. The lowest BCUT2D eigenvalue weighted by Crippen LogP contribution is -2.12. The normalized spacial score (nSPS) is 11.7. The second kappa shape index (κ2) is 5.92. The van der Waals surface area contributed by atoms with Crippen molar-refractivity contribution in [2.75, 3.05) is 6.73 Å². The van der Waals surface area contributed by atoms with Gasteiger partial charge in [-0.3, -0.25) is 14.9 Å². The lowest BCUT2D eigenvalue weighted by Gasteiger charge is -2.15. The third-order valence-electron chi connectivity index (χ3n) is 2.32. The fourth-order valence-electron chi connectivity index (χ4n) is 1.34. The maximum absolute atomic E-state index is 11.1. The van der Waals surface area contributed by atoms with E-state index in [1.807, 2.05) is 0 Å². The lowest BCUT2D eigenvalue weighted by atomic mass is 9.99. The number of rotatable bonds is 6. The van der Waals surface area contributed by atoms with E-state index in [2.05, 4.69) is 6.58 Å². The molecule has 0 aromatic heterocycles. The van der Waals surface area contributed by atoms with E-state index in [-0.39, 0.29) is 22.7 Å². The second-order valence-electron chi connectivity index (χ2n) is 3.63. The molecule has 0 saturated heterocycles. The maximum Gasteiger partial charge on any atom is 0.344 e. The van der Waals surface area contributed by atoms with Gasteiger partial charge >= 0.3 is 6.73 Å². The molecule has 18 heavy (non-hydrogen) atoms. The van der Waals surface area contributed by atoms with E-state index in [9.17, 15) is 20.0 Å². The van der Waals surface area contributed by atoms with Gasteiger partial charge in [0.1, 0.15) is 11.9 Å². The van der Waals surface area contributed by atoms with E-state index in [4.69, 9.17) is 4.74 Å². The number of carbonyl (C=O) groups is 1. The Balaban J connectivity index is 2.97. The Bertz CT molecular complexity index is 483. The van der Waals surface area contributed by atoms with Gasteiger partial charge in [0.2, 0.25) is 0 Å². The zero-order valence-corrected chi connectivity index (χ0v) is 9.83. The van der Waals surface area contributed by atoms with Crippen molar-refractivity contribution in [3.8, 4) is 5.75 Å². The average Bonchev–Trinajstić information content (AvgIpc) is 2.34. The van der Waals surface area contributed by atoms with Crippen molar-refractivity contribution >= 4 is 5.78 Å². The van der Waals surface area contributed by atoms with Crippen molar-refractivity contribution in [2.24, 2.45) is 0 Å². The van der Waals surface area contributed by atoms with Crippen LogP contribution in [-0.2, 0) is 4.79 Å². The number of Topliss-reactive ketones (excluding diaryl/α,β-unsaturated/α-hetero) is 1. The van der Waals surface area contributed by atoms with E-state index >= 15 is 0 Å². The molecule has 0 aliphatic rings. The van der Waals surface area contributed by atoms with Gasteiger partial charge in [0.05, 0.1) is 4.92 Å². The minimum Gasteiger partial charge on any atom is -0.432 e. The van der Waals surface area contributed by atoms with Gasteiger partial charge < -0.3 is 9.84 Å². The average molecular weight is 251 g/mol. The second-order valence-corrected chi connectivity index (χ2v) is 3.63. The highest BCUT2D eigenvalue weighted by Gasteiger charge is 2.19. The van der Waals surface area contributed by atoms with Crippen LogP contribution in [0.4, 0.5) is 0 Å². The molecule has 6 nitrogen and oxygen atoms in total. The van der Waals surface area contributed by atoms with Gasteiger partial charge in [0.25, 0.3) is 0 Å². The summed E-state index contributed by atoms with van der Waals surface area (Å²) in [5.41, 5.74) is 0.284.